The van der Waals surface area contributed by atoms with Crippen molar-refractivity contribution in [2.45, 2.75) is 19.4 Å². The van der Waals surface area contributed by atoms with Crippen LogP contribution in [0.2, 0.25) is 0 Å². The highest BCUT2D eigenvalue weighted by Crippen LogP contribution is 2.24. The maximum absolute atomic E-state index is 12.1. The third-order valence-electron chi connectivity index (χ3n) is 3.57. The van der Waals surface area contributed by atoms with Gasteiger partial charge in [0.05, 0.1) is 0 Å². The maximum Gasteiger partial charge on any atom is 0.346 e. The van der Waals surface area contributed by atoms with Crippen LogP contribution in [0.25, 0.3) is 0 Å². The Morgan fingerprint density at radius 2 is 2.06 bits per heavy atom. The van der Waals surface area contributed by atoms with Crippen LogP contribution in [0.5, 0.6) is 0 Å². The van der Waals surface area contributed by atoms with E-state index in [4.69, 9.17) is 5.73 Å². The smallest absolute Gasteiger partial charge is 0.346 e. The lowest BCUT2D eigenvalue weighted by Gasteiger charge is -2.22. The van der Waals surface area contributed by atoms with Gasteiger partial charge in [0.25, 0.3) is 5.56 Å². The molecule has 7 nitrogen and oxygen atoms in total. The minimum atomic E-state index is -0.411. The Hall–Kier alpha value is -1.63. The molecule has 0 amide bonds. The first-order chi connectivity index (χ1) is 8.45. The van der Waals surface area contributed by atoms with Gasteiger partial charge in [0.15, 0.2) is 0 Å². The molecule has 1 saturated heterocycles. The van der Waals surface area contributed by atoms with E-state index >= 15 is 0 Å². The Labute approximate surface area is 105 Å². The van der Waals surface area contributed by atoms with Crippen LogP contribution in [0, 0.1) is 5.92 Å². The van der Waals surface area contributed by atoms with Crippen molar-refractivity contribution in [2.75, 3.05) is 18.0 Å². The third-order valence-corrected chi connectivity index (χ3v) is 3.57. The largest absolute Gasteiger partial charge is 0.348 e. The van der Waals surface area contributed by atoms with E-state index in [1.807, 2.05) is 11.8 Å². The van der Waals surface area contributed by atoms with Crippen LogP contribution in [-0.2, 0) is 14.1 Å². The van der Waals surface area contributed by atoms with Crippen molar-refractivity contribution in [3.8, 4) is 0 Å². The molecular weight excluding hydrogens is 234 g/mol. The van der Waals surface area contributed by atoms with Gasteiger partial charge in [-0.25, -0.2) is 9.48 Å². The molecule has 1 aromatic heterocycles. The summed E-state index contributed by atoms with van der Waals surface area (Å²) in [6.07, 6.45) is 0.949. The van der Waals surface area contributed by atoms with Gasteiger partial charge in [-0.2, -0.15) is 0 Å². The molecule has 2 N–H and O–H groups in total. The summed E-state index contributed by atoms with van der Waals surface area (Å²) in [5.74, 6) is 0.715. The van der Waals surface area contributed by atoms with Gasteiger partial charge in [-0.05, 0) is 25.8 Å². The van der Waals surface area contributed by atoms with E-state index in [1.165, 1.54) is 11.7 Å². The molecule has 0 aromatic carbocycles. The van der Waals surface area contributed by atoms with E-state index < -0.39 is 5.69 Å². The Kier molecular flexibility index (Phi) is 3.25. The quantitative estimate of drug-likeness (QED) is 0.704. The molecule has 0 saturated carbocycles. The summed E-state index contributed by atoms with van der Waals surface area (Å²) in [7, 11) is 3.02. The van der Waals surface area contributed by atoms with E-state index in [0.29, 0.717) is 18.3 Å². The second kappa shape index (κ2) is 4.56. The number of aromatic nitrogens is 3. The lowest BCUT2D eigenvalue weighted by Crippen LogP contribution is -2.44. The summed E-state index contributed by atoms with van der Waals surface area (Å²) in [5, 5.41) is 4.09. The highest BCUT2D eigenvalue weighted by molar-refractivity contribution is 5.38. The SMILES string of the molecule is CC1CC(CN)CN1c1nn(C)c(=O)n(C)c1=O. The van der Waals surface area contributed by atoms with Crippen LogP contribution >= 0.6 is 0 Å². The van der Waals surface area contributed by atoms with Gasteiger partial charge in [0.1, 0.15) is 0 Å². The summed E-state index contributed by atoms with van der Waals surface area (Å²) in [6, 6.07) is 0.219. The number of anilines is 1. The van der Waals surface area contributed by atoms with Crippen molar-refractivity contribution in [1.29, 1.82) is 0 Å². The fourth-order valence-electron chi connectivity index (χ4n) is 2.47. The summed E-state index contributed by atoms with van der Waals surface area (Å²) in [4.78, 5) is 25.6. The Morgan fingerprint density at radius 1 is 1.39 bits per heavy atom. The van der Waals surface area contributed by atoms with Crippen LogP contribution in [0.1, 0.15) is 13.3 Å². The summed E-state index contributed by atoms with van der Waals surface area (Å²) >= 11 is 0. The monoisotopic (exact) mass is 253 g/mol. The topological polar surface area (TPSA) is 86.2 Å². The number of hydrogen-bond acceptors (Lipinski definition) is 5. The zero-order valence-corrected chi connectivity index (χ0v) is 11.0. The molecule has 1 fully saturated rings. The number of rotatable bonds is 2. The average Bonchev–Trinajstić information content (AvgIpc) is 2.72. The molecule has 7 heteroatoms. The highest BCUT2D eigenvalue weighted by atomic mass is 16.2. The molecule has 2 atom stereocenters. The molecule has 2 heterocycles. The first kappa shape index (κ1) is 12.8. The van der Waals surface area contributed by atoms with E-state index in [2.05, 4.69) is 5.10 Å². The number of aryl methyl sites for hydroxylation is 1. The Morgan fingerprint density at radius 3 is 2.61 bits per heavy atom. The molecule has 2 unspecified atom stereocenters. The highest BCUT2D eigenvalue weighted by Gasteiger charge is 2.31. The van der Waals surface area contributed by atoms with Crippen molar-refractivity contribution in [1.82, 2.24) is 14.3 Å². The van der Waals surface area contributed by atoms with Gasteiger partial charge in [-0.3, -0.25) is 9.36 Å². The van der Waals surface area contributed by atoms with Gasteiger partial charge in [-0.15, -0.1) is 5.10 Å². The molecule has 0 radical (unpaired) electrons. The second-order valence-electron chi connectivity index (χ2n) is 4.93. The van der Waals surface area contributed by atoms with E-state index in [0.717, 1.165) is 17.5 Å². The molecule has 100 valence electrons. The number of nitrogens with zero attached hydrogens (tertiary/aromatic N) is 4. The van der Waals surface area contributed by atoms with Crippen LogP contribution in [0.3, 0.4) is 0 Å². The maximum atomic E-state index is 12.1. The van der Waals surface area contributed by atoms with E-state index in [-0.39, 0.29) is 11.6 Å². The fraction of sp³-hybridized carbons (Fsp3) is 0.727. The molecule has 0 spiro atoms. The summed E-state index contributed by atoms with van der Waals surface area (Å²) in [5.41, 5.74) is 4.92. The van der Waals surface area contributed by atoms with Gasteiger partial charge in [0, 0.05) is 26.7 Å². The standard InChI is InChI=1S/C11H19N5O2/c1-7-4-8(5-12)6-16(7)9-10(17)14(2)11(18)15(3)13-9/h7-8H,4-6,12H2,1-3H3. The van der Waals surface area contributed by atoms with Crippen LogP contribution in [0.4, 0.5) is 5.82 Å². The first-order valence-electron chi connectivity index (χ1n) is 6.06. The average molecular weight is 253 g/mol. The molecule has 1 aromatic rings. The van der Waals surface area contributed by atoms with Gasteiger partial charge in [-0.1, -0.05) is 0 Å². The van der Waals surface area contributed by atoms with Crippen LogP contribution in [-0.4, -0.2) is 33.5 Å². The molecular formula is C11H19N5O2. The predicted octanol–water partition coefficient (Wildman–Crippen LogP) is -1.35. The molecule has 1 aliphatic rings. The normalized spacial score (nSPS) is 23.7. The lowest BCUT2D eigenvalue weighted by molar-refractivity contribution is 0.579. The van der Waals surface area contributed by atoms with Crippen molar-refractivity contribution in [3.63, 3.8) is 0 Å². The van der Waals surface area contributed by atoms with Crippen LogP contribution < -0.4 is 21.9 Å². The molecule has 0 aliphatic carbocycles. The lowest BCUT2D eigenvalue weighted by atomic mass is 10.1. The first-order valence-corrected chi connectivity index (χ1v) is 6.06. The zero-order valence-electron chi connectivity index (χ0n) is 11.0. The number of nitrogens with two attached hydrogens (primary N) is 1. The molecule has 0 bridgehead atoms. The zero-order chi connectivity index (χ0) is 13.4. The van der Waals surface area contributed by atoms with Crippen molar-refractivity contribution in [3.05, 3.63) is 20.8 Å². The van der Waals surface area contributed by atoms with Crippen molar-refractivity contribution < 1.29 is 0 Å². The van der Waals surface area contributed by atoms with Gasteiger partial charge >= 0.3 is 5.69 Å². The fourth-order valence-corrected chi connectivity index (χ4v) is 2.47. The van der Waals surface area contributed by atoms with Crippen molar-refractivity contribution in [2.24, 2.45) is 25.7 Å². The van der Waals surface area contributed by atoms with Gasteiger partial charge in [0.2, 0.25) is 5.82 Å². The minimum absolute atomic E-state index is 0.219. The number of hydrogen-bond donors (Lipinski definition) is 1. The Balaban J connectivity index is 2.47. The molecule has 2 rings (SSSR count). The Bertz CT molecular complexity index is 562. The van der Waals surface area contributed by atoms with Gasteiger partial charge < -0.3 is 10.6 Å². The molecule has 18 heavy (non-hydrogen) atoms. The van der Waals surface area contributed by atoms with E-state index in [9.17, 15) is 9.59 Å². The summed E-state index contributed by atoms with van der Waals surface area (Å²) < 4.78 is 2.28. The minimum Gasteiger partial charge on any atom is -0.348 e. The third kappa shape index (κ3) is 1.94. The second-order valence-corrected chi connectivity index (χ2v) is 4.93. The molecule has 1 aliphatic heterocycles. The predicted molar refractivity (Wildman–Crippen MR) is 68.7 cm³/mol. The van der Waals surface area contributed by atoms with Crippen molar-refractivity contribution >= 4 is 5.82 Å². The van der Waals surface area contributed by atoms with E-state index in [1.54, 1.807) is 7.05 Å². The van der Waals surface area contributed by atoms with Crippen LogP contribution in [0.15, 0.2) is 9.59 Å². The summed E-state index contributed by atoms with van der Waals surface area (Å²) in [6.45, 7) is 3.37.